The van der Waals surface area contributed by atoms with Crippen LogP contribution in [0.3, 0.4) is 0 Å². The van der Waals surface area contributed by atoms with E-state index in [1.165, 1.54) is 0 Å². The third kappa shape index (κ3) is 1.26. The van der Waals surface area contributed by atoms with E-state index in [0.717, 1.165) is 45.2 Å². The van der Waals surface area contributed by atoms with Crippen LogP contribution in [-0.4, -0.2) is 5.78 Å². The van der Waals surface area contributed by atoms with Crippen LogP contribution in [0.25, 0.3) is 5.57 Å². The molecule has 0 aliphatic heterocycles. The molecule has 0 atom stereocenters. The average Bonchev–Trinajstić information content (AvgIpc) is 2.54. The highest BCUT2D eigenvalue weighted by Gasteiger charge is 2.30. The van der Waals surface area contributed by atoms with Crippen molar-refractivity contribution in [1.82, 2.24) is 0 Å². The highest BCUT2D eigenvalue weighted by molar-refractivity contribution is 9.10. The minimum absolute atomic E-state index is 0.221. The highest BCUT2D eigenvalue weighted by atomic mass is 79.9. The van der Waals surface area contributed by atoms with Gasteiger partial charge >= 0.3 is 0 Å². The third-order valence-electron chi connectivity index (χ3n) is 3.19. The molecule has 1 aromatic carbocycles. The summed E-state index contributed by atoms with van der Waals surface area (Å²) in [5.41, 5.74) is 5.19. The fourth-order valence-electron chi connectivity index (χ4n) is 2.49. The lowest BCUT2D eigenvalue weighted by molar-refractivity contribution is 0.103. The first-order chi connectivity index (χ1) is 7.68. The van der Waals surface area contributed by atoms with Gasteiger partial charge in [0.1, 0.15) is 0 Å². The molecule has 0 saturated carbocycles. The number of halogens is 1. The lowest BCUT2D eigenvalue weighted by atomic mass is 9.98. The number of fused-ring (bicyclic) bond motifs is 2. The number of rotatable bonds is 0. The summed E-state index contributed by atoms with van der Waals surface area (Å²) < 4.78 is 1.03. The molecule has 80 valence electrons. The van der Waals surface area contributed by atoms with Crippen molar-refractivity contribution in [3.8, 4) is 0 Å². The van der Waals surface area contributed by atoms with Gasteiger partial charge in [0.25, 0.3) is 0 Å². The van der Waals surface area contributed by atoms with Crippen molar-refractivity contribution in [2.24, 2.45) is 0 Å². The summed E-state index contributed by atoms with van der Waals surface area (Å²) in [5, 5.41) is 0. The molecule has 0 saturated heterocycles. The van der Waals surface area contributed by atoms with Crippen LogP contribution in [0.1, 0.15) is 34.3 Å². The molecule has 0 bridgehead atoms. The second-order valence-corrected chi connectivity index (χ2v) is 5.19. The van der Waals surface area contributed by atoms with Gasteiger partial charge in [-0.05, 0) is 43.0 Å². The minimum atomic E-state index is 0.221. The monoisotopic (exact) mass is 274 g/mol. The quantitative estimate of drug-likeness (QED) is 0.698. The van der Waals surface area contributed by atoms with Crippen molar-refractivity contribution in [3.63, 3.8) is 0 Å². The molecule has 1 nitrogen and oxygen atoms in total. The molecule has 2 heteroatoms. The molecule has 0 heterocycles. The Morgan fingerprint density at radius 2 is 2.12 bits per heavy atom. The van der Waals surface area contributed by atoms with Crippen molar-refractivity contribution < 1.29 is 4.79 Å². The van der Waals surface area contributed by atoms with Crippen molar-refractivity contribution in [2.45, 2.75) is 19.8 Å². The maximum Gasteiger partial charge on any atom is 0.190 e. The van der Waals surface area contributed by atoms with Gasteiger partial charge in [-0.25, -0.2) is 0 Å². The molecular formula is C14H11BrO. The van der Waals surface area contributed by atoms with Crippen molar-refractivity contribution in [1.29, 1.82) is 0 Å². The lowest BCUT2D eigenvalue weighted by Gasteiger charge is -2.08. The average molecular weight is 275 g/mol. The van der Waals surface area contributed by atoms with E-state index >= 15 is 0 Å². The van der Waals surface area contributed by atoms with Crippen LogP contribution in [-0.2, 0) is 0 Å². The van der Waals surface area contributed by atoms with Gasteiger partial charge in [0, 0.05) is 21.2 Å². The molecule has 2 aliphatic rings. The van der Waals surface area contributed by atoms with E-state index < -0.39 is 0 Å². The molecule has 1 aromatic rings. The smallest absolute Gasteiger partial charge is 0.190 e. The van der Waals surface area contributed by atoms with Gasteiger partial charge in [0.05, 0.1) is 0 Å². The summed E-state index contributed by atoms with van der Waals surface area (Å²) in [6.45, 7) is 2.02. The highest BCUT2D eigenvalue weighted by Crippen LogP contribution is 2.42. The Bertz CT molecular complexity index is 564. The first-order valence-electron chi connectivity index (χ1n) is 5.43. The van der Waals surface area contributed by atoms with Gasteiger partial charge in [0.2, 0.25) is 0 Å². The van der Waals surface area contributed by atoms with Crippen LogP contribution in [0.4, 0.5) is 0 Å². The summed E-state index contributed by atoms with van der Waals surface area (Å²) in [4.78, 5) is 12.2. The van der Waals surface area contributed by atoms with E-state index in [4.69, 9.17) is 0 Å². The maximum absolute atomic E-state index is 12.2. The predicted molar refractivity (Wildman–Crippen MR) is 68.5 cm³/mol. The van der Waals surface area contributed by atoms with Crippen LogP contribution < -0.4 is 0 Å². The summed E-state index contributed by atoms with van der Waals surface area (Å²) in [5.74, 6) is 0.221. The SMILES string of the molecule is Cc1cc(Br)c2c(c1)C(=O)C1=C2C=CCC1. The third-order valence-corrected chi connectivity index (χ3v) is 3.82. The molecule has 0 spiro atoms. The Kier molecular flexibility index (Phi) is 2.15. The Balaban J connectivity index is 2.31. The summed E-state index contributed by atoms with van der Waals surface area (Å²) >= 11 is 3.57. The largest absolute Gasteiger partial charge is 0.289 e. The van der Waals surface area contributed by atoms with E-state index in [2.05, 4.69) is 34.1 Å². The number of Topliss-reactive ketones (excluding diaryl/α,β-unsaturated/α-hetero) is 1. The van der Waals surface area contributed by atoms with Gasteiger partial charge in [-0.1, -0.05) is 28.1 Å². The molecule has 0 amide bonds. The van der Waals surface area contributed by atoms with Gasteiger partial charge in [0.15, 0.2) is 5.78 Å². The van der Waals surface area contributed by atoms with E-state index in [0.29, 0.717) is 0 Å². The predicted octanol–water partition coefficient (Wildman–Crippen LogP) is 4.06. The molecule has 0 N–H and O–H groups in total. The lowest BCUT2D eigenvalue weighted by Crippen LogP contribution is -1.99. The summed E-state index contributed by atoms with van der Waals surface area (Å²) in [7, 11) is 0. The molecule has 2 aliphatic carbocycles. The standard InChI is InChI=1S/C14H11BrO/c1-8-6-11-13(12(15)7-8)9-4-2-3-5-10(9)14(11)16/h2,4,6-7H,3,5H2,1H3. The van der Waals surface area contributed by atoms with Crippen molar-refractivity contribution in [2.75, 3.05) is 0 Å². The molecule has 3 rings (SSSR count). The number of ketones is 1. The normalized spacial score (nSPS) is 17.8. The van der Waals surface area contributed by atoms with E-state index in [1.807, 2.05) is 13.0 Å². The number of hydrogen-bond acceptors (Lipinski definition) is 1. The molecule has 16 heavy (non-hydrogen) atoms. The number of allylic oxidation sites excluding steroid dienone is 4. The maximum atomic E-state index is 12.2. The molecule has 0 radical (unpaired) electrons. The molecular weight excluding hydrogens is 264 g/mol. The number of benzene rings is 1. The van der Waals surface area contributed by atoms with Crippen molar-refractivity contribution >= 4 is 27.3 Å². The summed E-state index contributed by atoms with van der Waals surface area (Å²) in [6.07, 6.45) is 6.09. The zero-order valence-corrected chi connectivity index (χ0v) is 10.6. The Hall–Kier alpha value is -1.15. The van der Waals surface area contributed by atoms with E-state index in [1.54, 1.807) is 0 Å². The number of carbonyl (C=O) groups excluding carboxylic acids is 1. The molecule has 0 fully saturated rings. The first kappa shape index (κ1) is 10.0. The van der Waals surface area contributed by atoms with E-state index in [9.17, 15) is 4.79 Å². The molecule has 0 unspecified atom stereocenters. The number of hydrogen-bond donors (Lipinski definition) is 0. The van der Waals surface area contributed by atoms with Crippen LogP contribution in [0, 0.1) is 6.92 Å². The van der Waals surface area contributed by atoms with Gasteiger partial charge in [-0.15, -0.1) is 0 Å². The first-order valence-corrected chi connectivity index (χ1v) is 6.22. The van der Waals surface area contributed by atoms with Gasteiger partial charge in [-0.2, -0.15) is 0 Å². The van der Waals surface area contributed by atoms with Gasteiger partial charge < -0.3 is 0 Å². The zero-order valence-electron chi connectivity index (χ0n) is 9.01. The Morgan fingerprint density at radius 1 is 1.31 bits per heavy atom. The van der Waals surface area contributed by atoms with Crippen LogP contribution in [0.15, 0.2) is 34.3 Å². The zero-order chi connectivity index (χ0) is 11.3. The topological polar surface area (TPSA) is 17.1 Å². The fraction of sp³-hybridized carbons (Fsp3) is 0.214. The Morgan fingerprint density at radius 3 is 2.94 bits per heavy atom. The number of aryl methyl sites for hydroxylation is 1. The van der Waals surface area contributed by atoms with Crippen LogP contribution >= 0.6 is 15.9 Å². The van der Waals surface area contributed by atoms with Crippen LogP contribution in [0.2, 0.25) is 0 Å². The second-order valence-electron chi connectivity index (χ2n) is 4.33. The Labute approximate surface area is 103 Å². The molecule has 0 aromatic heterocycles. The van der Waals surface area contributed by atoms with E-state index in [-0.39, 0.29) is 5.78 Å². The van der Waals surface area contributed by atoms with Crippen molar-refractivity contribution in [3.05, 3.63) is 51.0 Å². The van der Waals surface area contributed by atoms with Gasteiger partial charge in [-0.3, -0.25) is 4.79 Å². The minimum Gasteiger partial charge on any atom is -0.289 e. The fourth-order valence-corrected chi connectivity index (χ4v) is 3.28. The second kappa shape index (κ2) is 3.42. The van der Waals surface area contributed by atoms with Crippen LogP contribution in [0.5, 0.6) is 0 Å². The summed E-state index contributed by atoms with van der Waals surface area (Å²) in [6, 6.07) is 4.07. The number of carbonyl (C=O) groups is 1.